The molecule has 0 aliphatic carbocycles. The monoisotopic (exact) mass is 509 g/mol. The molecule has 11 heteroatoms. The lowest BCUT2D eigenvalue weighted by molar-refractivity contribution is -0.142. The number of methoxy groups -OCH3 is 1. The Morgan fingerprint density at radius 3 is 2.86 bits per heavy atom. The zero-order valence-corrected chi connectivity index (χ0v) is 20.5. The van der Waals surface area contributed by atoms with Crippen molar-refractivity contribution in [1.29, 1.82) is 0 Å². The minimum absolute atomic E-state index is 0.0338. The van der Waals surface area contributed by atoms with Gasteiger partial charge in [0.1, 0.15) is 17.3 Å². The molecule has 2 aliphatic rings. The number of hydrogen-bond acceptors (Lipinski definition) is 9. The van der Waals surface area contributed by atoms with Crippen LogP contribution >= 0.6 is 11.8 Å². The molecular formula is C25H27N5O5S. The average molecular weight is 510 g/mol. The number of piperidine rings is 1. The molecule has 4 heterocycles. The zero-order valence-electron chi connectivity index (χ0n) is 19.7. The maximum absolute atomic E-state index is 13.1. The Balaban J connectivity index is 1.21. The van der Waals surface area contributed by atoms with Gasteiger partial charge in [-0.05, 0) is 42.7 Å². The summed E-state index contributed by atoms with van der Waals surface area (Å²) in [7, 11) is 1.51. The summed E-state index contributed by atoms with van der Waals surface area (Å²) in [6, 6.07) is 10.9. The van der Waals surface area contributed by atoms with E-state index < -0.39 is 17.7 Å². The number of thioether (sulfide) groups is 1. The highest BCUT2D eigenvalue weighted by Gasteiger charge is 2.40. The number of aromatic nitrogens is 2. The fourth-order valence-corrected chi connectivity index (χ4v) is 5.27. The molecule has 1 aromatic carbocycles. The summed E-state index contributed by atoms with van der Waals surface area (Å²) < 4.78 is 5.18. The predicted molar refractivity (Wildman–Crippen MR) is 136 cm³/mol. The normalized spacial score (nSPS) is 18.2. The molecule has 3 aromatic rings. The van der Waals surface area contributed by atoms with Crippen molar-refractivity contribution >= 4 is 46.0 Å². The Bertz CT molecular complexity index is 1310. The van der Waals surface area contributed by atoms with Crippen molar-refractivity contribution < 1.29 is 24.5 Å². The van der Waals surface area contributed by atoms with E-state index in [1.807, 2.05) is 23.1 Å². The highest BCUT2D eigenvalue weighted by molar-refractivity contribution is 8.00. The average Bonchev–Trinajstić information content (AvgIpc) is 2.88. The highest BCUT2D eigenvalue weighted by atomic mass is 32.2. The molecule has 2 amide bonds. The quantitative estimate of drug-likeness (QED) is 0.393. The van der Waals surface area contributed by atoms with E-state index >= 15 is 0 Å². The first kappa shape index (κ1) is 24.4. The van der Waals surface area contributed by atoms with Crippen LogP contribution in [0.1, 0.15) is 18.4 Å². The van der Waals surface area contributed by atoms with Crippen LogP contribution in [-0.4, -0.2) is 74.7 Å². The number of ether oxygens (including phenoxy) is 1. The number of rotatable bonds is 6. The number of nitrogens with one attached hydrogen (secondary N) is 2. The molecule has 2 aromatic heterocycles. The Morgan fingerprint density at radius 2 is 2.08 bits per heavy atom. The van der Waals surface area contributed by atoms with Gasteiger partial charge in [0.05, 0.1) is 29.8 Å². The number of nitrogens with zero attached hydrogens (tertiary/aromatic N) is 3. The fraction of sp³-hybridized carbons (Fsp3) is 0.360. The minimum Gasteiger partial charge on any atom is -0.481 e. The van der Waals surface area contributed by atoms with E-state index in [0.717, 1.165) is 16.1 Å². The van der Waals surface area contributed by atoms with E-state index in [-0.39, 0.29) is 18.7 Å². The molecule has 0 bridgehead atoms. The molecule has 1 saturated heterocycles. The van der Waals surface area contributed by atoms with Gasteiger partial charge in [-0.15, -0.1) is 11.8 Å². The van der Waals surface area contributed by atoms with E-state index in [0.29, 0.717) is 47.9 Å². The highest BCUT2D eigenvalue weighted by Crippen LogP contribution is 2.33. The number of hydrogen-bond donors (Lipinski definition) is 4. The molecule has 1 fully saturated rings. The van der Waals surface area contributed by atoms with Gasteiger partial charge in [0.2, 0.25) is 11.8 Å². The van der Waals surface area contributed by atoms with Gasteiger partial charge in [-0.2, -0.15) is 0 Å². The van der Waals surface area contributed by atoms with Gasteiger partial charge in [-0.25, -0.2) is 4.98 Å². The number of benzene rings is 1. The summed E-state index contributed by atoms with van der Waals surface area (Å²) >= 11 is 1.49. The number of aliphatic hydroxyl groups is 2. The van der Waals surface area contributed by atoms with Gasteiger partial charge in [0, 0.05) is 36.7 Å². The first-order valence-electron chi connectivity index (χ1n) is 11.7. The van der Waals surface area contributed by atoms with Crippen LogP contribution in [0.4, 0.5) is 11.4 Å². The van der Waals surface area contributed by atoms with Crippen LogP contribution in [0.3, 0.4) is 0 Å². The Morgan fingerprint density at radius 1 is 1.28 bits per heavy atom. The summed E-state index contributed by atoms with van der Waals surface area (Å²) in [6.07, 6.45) is 1.51. The Kier molecular flexibility index (Phi) is 6.80. The smallest absolute Gasteiger partial charge is 0.256 e. The number of likely N-dealkylation sites (tertiary alicyclic amines) is 1. The molecule has 1 unspecified atom stereocenters. The van der Waals surface area contributed by atoms with E-state index in [1.54, 1.807) is 24.4 Å². The molecular weight excluding hydrogens is 482 g/mol. The van der Waals surface area contributed by atoms with Gasteiger partial charge in [0.15, 0.2) is 0 Å². The SMILES string of the molecule is COc1ccc2nccc(NC(=O)C3(O)CCN(C(O)Cc4ccc5c(c4)NC(=O)CS5)CC3)c2n1. The van der Waals surface area contributed by atoms with E-state index in [9.17, 15) is 19.8 Å². The lowest BCUT2D eigenvalue weighted by Crippen LogP contribution is -2.54. The molecule has 0 saturated carbocycles. The molecule has 2 aliphatic heterocycles. The first-order chi connectivity index (χ1) is 17.3. The van der Waals surface area contributed by atoms with Crippen molar-refractivity contribution in [2.45, 2.75) is 36.0 Å². The van der Waals surface area contributed by atoms with Crippen LogP contribution in [0, 0.1) is 0 Å². The minimum atomic E-state index is -1.57. The zero-order chi connectivity index (χ0) is 25.3. The van der Waals surface area contributed by atoms with Gasteiger partial charge in [0.25, 0.3) is 5.91 Å². The molecule has 0 radical (unpaired) electrons. The molecule has 188 valence electrons. The van der Waals surface area contributed by atoms with E-state index in [4.69, 9.17) is 4.74 Å². The lowest BCUT2D eigenvalue weighted by Gasteiger charge is -2.39. The second-order valence-electron chi connectivity index (χ2n) is 8.95. The summed E-state index contributed by atoms with van der Waals surface area (Å²) in [5, 5.41) is 27.6. The van der Waals surface area contributed by atoms with E-state index in [1.165, 1.54) is 18.9 Å². The van der Waals surface area contributed by atoms with Crippen molar-refractivity contribution in [2.75, 3.05) is 36.6 Å². The summed E-state index contributed by atoms with van der Waals surface area (Å²) in [5.74, 6) is 0.249. The van der Waals surface area contributed by atoms with Crippen molar-refractivity contribution in [3.63, 3.8) is 0 Å². The second kappa shape index (κ2) is 10.0. The van der Waals surface area contributed by atoms with Gasteiger partial charge in [-0.1, -0.05) is 6.07 Å². The molecule has 0 spiro atoms. The summed E-state index contributed by atoms with van der Waals surface area (Å²) in [4.78, 5) is 36.2. The Hall–Kier alpha value is -3.25. The van der Waals surface area contributed by atoms with Gasteiger partial charge < -0.3 is 25.6 Å². The lowest BCUT2D eigenvalue weighted by atomic mass is 9.90. The van der Waals surface area contributed by atoms with Crippen LogP contribution in [0.2, 0.25) is 0 Å². The van der Waals surface area contributed by atoms with Gasteiger partial charge in [-0.3, -0.25) is 19.5 Å². The third kappa shape index (κ3) is 5.00. The van der Waals surface area contributed by atoms with Crippen LogP contribution in [0.5, 0.6) is 5.88 Å². The maximum atomic E-state index is 13.1. The van der Waals surface area contributed by atoms with Crippen LogP contribution in [-0.2, 0) is 16.0 Å². The summed E-state index contributed by atoms with van der Waals surface area (Å²) in [5.41, 5.74) is 1.60. The van der Waals surface area contributed by atoms with Crippen molar-refractivity contribution in [3.05, 3.63) is 48.2 Å². The van der Waals surface area contributed by atoms with Crippen LogP contribution in [0.15, 0.2) is 47.5 Å². The van der Waals surface area contributed by atoms with Crippen molar-refractivity contribution in [3.8, 4) is 5.88 Å². The van der Waals surface area contributed by atoms with Gasteiger partial charge >= 0.3 is 0 Å². The number of fused-ring (bicyclic) bond motifs is 2. The number of carbonyl (C=O) groups excluding carboxylic acids is 2. The number of pyridine rings is 2. The van der Waals surface area contributed by atoms with Crippen molar-refractivity contribution in [1.82, 2.24) is 14.9 Å². The van der Waals surface area contributed by atoms with Crippen LogP contribution in [0.25, 0.3) is 11.0 Å². The standard InChI is InChI=1S/C25H27N5O5S/c1-35-21-5-3-16-23(29-21)17(6-9-26-16)28-24(33)25(34)7-10-30(11-8-25)22(32)13-15-2-4-19-18(12-15)27-20(31)14-36-19/h2-6,9,12,22,32,34H,7-8,10-11,13-14H2,1H3,(H,27,31)(H,26,28,33). The number of amides is 2. The molecule has 10 nitrogen and oxygen atoms in total. The molecule has 1 atom stereocenters. The number of anilines is 2. The first-order valence-corrected chi connectivity index (χ1v) is 12.6. The summed E-state index contributed by atoms with van der Waals surface area (Å²) in [6.45, 7) is 0.706. The fourth-order valence-electron chi connectivity index (χ4n) is 4.48. The maximum Gasteiger partial charge on any atom is 0.256 e. The molecule has 4 N–H and O–H groups in total. The predicted octanol–water partition coefficient (Wildman–Crippen LogP) is 2.01. The topological polar surface area (TPSA) is 137 Å². The number of carbonyl (C=O) groups is 2. The Labute approximate surface area is 212 Å². The third-order valence-corrected chi connectivity index (χ3v) is 7.65. The molecule has 36 heavy (non-hydrogen) atoms. The number of aliphatic hydroxyl groups excluding tert-OH is 1. The largest absolute Gasteiger partial charge is 0.481 e. The van der Waals surface area contributed by atoms with Crippen molar-refractivity contribution in [2.24, 2.45) is 0 Å². The van der Waals surface area contributed by atoms with Crippen LogP contribution < -0.4 is 15.4 Å². The molecule has 5 rings (SSSR count). The van der Waals surface area contributed by atoms with E-state index in [2.05, 4.69) is 20.6 Å². The third-order valence-electron chi connectivity index (χ3n) is 6.58. The second-order valence-corrected chi connectivity index (χ2v) is 9.97.